The summed E-state index contributed by atoms with van der Waals surface area (Å²) in [6.45, 7) is 7.20. The Kier molecular flexibility index (Phi) is 5.48. The lowest BCUT2D eigenvalue weighted by Gasteiger charge is -2.12. The highest BCUT2D eigenvalue weighted by molar-refractivity contribution is 5.92. The van der Waals surface area contributed by atoms with E-state index in [1.54, 1.807) is 20.8 Å². The molecule has 1 rings (SSSR count). The van der Waals surface area contributed by atoms with Crippen molar-refractivity contribution in [3.05, 3.63) is 5.69 Å². The summed E-state index contributed by atoms with van der Waals surface area (Å²) >= 11 is 0. The van der Waals surface area contributed by atoms with Crippen LogP contribution in [0.1, 0.15) is 50.6 Å². The second-order valence-electron chi connectivity index (χ2n) is 4.57. The molecule has 2 N–H and O–H groups in total. The summed E-state index contributed by atoms with van der Waals surface area (Å²) in [6.07, 6.45) is 0.427. The first-order valence-electron chi connectivity index (χ1n) is 6.46. The Bertz CT molecular complexity index is 484. The Labute approximate surface area is 117 Å². The standard InChI is InChI=1S/C12H20N4O4/c1-5-6-19-11(17)8(4)16-10(13)9(14-15-16)12(18)20-7(2)3/h7-8H,5-6,13H2,1-4H3. The van der Waals surface area contributed by atoms with Crippen LogP contribution in [-0.4, -0.2) is 39.6 Å². The molecule has 1 unspecified atom stereocenters. The van der Waals surface area contributed by atoms with Crippen LogP contribution in [0.25, 0.3) is 0 Å². The topological polar surface area (TPSA) is 109 Å². The largest absolute Gasteiger partial charge is 0.464 e. The van der Waals surface area contributed by atoms with E-state index in [9.17, 15) is 9.59 Å². The fourth-order valence-electron chi connectivity index (χ4n) is 1.43. The molecule has 0 spiro atoms. The summed E-state index contributed by atoms with van der Waals surface area (Å²) < 4.78 is 11.1. The van der Waals surface area contributed by atoms with E-state index in [0.717, 1.165) is 11.1 Å². The van der Waals surface area contributed by atoms with Crippen molar-refractivity contribution in [1.82, 2.24) is 15.0 Å². The van der Waals surface area contributed by atoms with Crippen molar-refractivity contribution in [2.45, 2.75) is 46.3 Å². The van der Waals surface area contributed by atoms with Crippen LogP contribution in [0.15, 0.2) is 0 Å². The first-order valence-corrected chi connectivity index (χ1v) is 6.46. The van der Waals surface area contributed by atoms with Crippen molar-refractivity contribution in [3.8, 4) is 0 Å². The van der Waals surface area contributed by atoms with Gasteiger partial charge in [-0.05, 0) is 27.2 Å². The minimum Gasteiger partial charge on any atom is -0.464 e. The van der Waals surface area contributed by atoms with Gasteiger partial charge in [0.25, 0.3) is 0 Å². The Morgan fingerprint density at radius 2 is 2.00 bits per heavy atom. The molecule has 0 amide bonds. The van der Waals surface area contributed by atoms with Gasteiger partial charge < -0.3 is 15.2 Å². The van der Waals surface area contributed by atoms with E-state index >= 15 is 0 Å². The second-order valence-corrected chi connectivity index (χ2v) is 4.57. The van der Waals surface area contributed by atoms with E-state index in [1.165, 1.54) is 0 Å². The third-order valence-corrected chi connectivity index (χ3v) is 2.42. The van der Waals surface area contributed by atoms with Gasteiger partial charge in [0.2, 0.25) is 5.69 Å². The SMILES string of the molecule is CCCOC(=O)C(C)n1nnc(C(=O)OC(C)C)c1N. The van der Waals surface area contributed by atoms with Crippen LogP contribution in [-0.2, 0) is 14.3 Å². The summed E-state index contributed by atoms with van der Waals surface area (Å²) in [5.74, 6) is -1.17. The number of carbonyl (C=O) groups is 2. The number of rotatable bonds is 6. The maximum atomic E-state index is 11.7. The Hall–Kier alpha value is -2.12. The molecule has 0 aliphatic rings. The van der Waals surface area contributed by atoms with Crippen molar-refractivity contribution >= 4 is 17.8 Å². The Morgan fingerprint density at radius 3 is 2.55 bits per heavy atom. The number of ether oxygens (including phenoxy) is 2. The average Bonchev–Trinajstić information content (AvgIpc) is 2.76. The van der Waals surface area contributed by atoms with Gasteiger partial charge in [0.15, 0.2) is 11.9 Å². The van der Waals surface area contributed by atoms with E-state index in [-0.39, 0.29) is 17.6 Å². The molecular formula is C12H20N4O4. The molecule has 1 aromatic heterocycles. The summed E-state index contributed by atoms with van der Waals surface area (Å²) in [6, 6.07) is -0.755. The molecule has 0 saturated heterocycles. The zero-order valence-corrected chi connectivity index (χ0v) is 12.1. The third kappa shape index (κ3) is 3.69. The van der Waals surface area contributed by atoms with Gasteiger partial charge in [-0.3, -0.25) is 0 Å². The normalized spacial score (nSPS) is 12.2. The number of nitrogen functional groups attached to an aromatic ring is 1. The molecule has 0 bridgehead atoms. The van der Waals surface area contributed by atoms with Gasteiger partial charge in [-0.1, -0.05) is 12.1 Å². The Balaban J connectivity index is 2.85. The molecule has 20 heavy (non-hydrogen) atoms. The predicted octanol–water partition coefficient (Wildman–Crippen LogP) is 0.940. The van der Waals surface area contributed by atoms with Crippen LogP contribution in [0.5, 0.6) is 0 Å². The molecule has 0 saturated carbocycles. The van der Waals surface area contributed by atoms with Gasteiger partial charge in [0.05, 0.1) is 12.7 Å². The molecule has 112 valence electrons. The van der Waals surface area contributed by atoms with E-state index in [0.29, 0.717) is 6.61 Å². The van der Waals surface area contributed by atoms with Gasteiger partial charge in [0.1, 0.15) is 0 Å². The smallest absolute Gasteiger partial charge is 0.363 e. The quantitative estimate of drug-likeness (QED) is 0.774. The molecule has 0 aliphatic carbocycles. The summed E-state index contributed by atoms with van der Waals surface area (Å²) in [7, 11) is 0. The van der Waals surface area contributed by atoms with Crippen LogP contribution in [0.2, 0.25) is 0 Å². The summed E-state index contributed by atoms with van der Waals surface area (Å²) in [5.41, 5.74) is 5.67. The van der Waals surface area contributed by atoms with Crippen molar-refractivity contribution in [1.29, 1.82) is 0 Å². The lowest BCUT2D eigenvalue weighted by molar-refractivity contribution is -0.147. The first kappa shape index (κ1) is 15.9. The molecule has 8 heteroatoms. The molecule has 1 heterocycles. The molecule has 0 fully saturated rings. The molecule has 0 aromatic carbocycles. The van der Waals surface area contributed by atoms with Crippen molar-refractivity contribution < 1.29 is 19.1 Å². The van der Waals surface area contributed by atoms with Gasteiger partial charge >= 0.3 is 11.9 Å². The lowest BCUT2D eigenvalue weighted by atomic mass is 10.3. The molecule has 1 aromatic rings. The van der Waals surface area contributed by atoms with Gasteiger partial charge in [-0.15, -0.1) is 5.10 Å². The predicted molar refractivity (Wildman–Crippen MR) is 70.9 cm³/mol. The molecule has 0 radical (unpaired) electrons. The van der Waals surface area contributed by atoms with Crippen LogP contribution >= 0.6 is 0 Å². The average molecular weight is 284 g/mol. The van der Waals surface area contributed by atoms with Gasteiger partial charge in [0, 0.05) is 0 Å². The fraction of sp³-hybridized carbons (Fsp3) is 0.667. The molecule has 0 aliphatic heterocycles. The van der Waals surface area contributed by atoms with E-state index < -0.39 is 18.0 Å². The summed E-state index contributed by atoms with van der Waals surface area (Å²) in [4.78, 5) is 23.4. The number of aromatic nitrogens is 3. The van der Waals surface area contributed by atoms with Crippen LogP contribution in [0.3, 0.4) is 0 Å². The molecule has 8 nitrogen and oxygen atoms in total. The minimum absolute atomic E-state index is 0.0170. The number of carbonyl (C=O) groups excluding carboxylic acids is 2. The monoisotopic (exact) mass is 284 g/mol. The Morgan fingerprint density at radius 1 is 1.35 bits per heavy atom. The zero-order valence-electron chi connectivity index (χ0n) is 12.1. The second kappa shape index (κ2) is 6.88. The van der Waals surface area contributed by atoms with Crippen molar-refractivity contribution in [3.63, 3.8) is 0 Å². The summed E-state index contributed by atoms with van der Waals surface area (Å²) in [5, 5.41) is 7.37. The fourth-order valence-corrected chi connectivity index (χ4v) is 1.43. The van der Waals surface area contributed by atoms with Crippen molar-refractivity contribution in [2.24, 2.45) is 0 Å². The van der Waals surface area contributed by atoms with Gasteiger partial charge in [-0.2, -0.15) is 0 Å². The van der Waals surface area contributed by atoms with Crippen molar-refractivity contribution in [2.75, 3.05) is 12.3 Å². The highest BCUT2D eigenvalue weighted by Gasteiger charge is 2.26. The van der Waals surface area contributed by atoms with Crippen LogP contribution < -0.4 is 5.73 Å². The van der Waals surface area contributed by atoms with Gasteiger partial charge in [-0.25, -0.2) is 14.3 Å². The maximum Gasteiger partial charge on any atom is 0.363 e. The first-order chi connectivity index (χ1) is 9.38. The highest BCUT2D eigenvalue weighted by atomic mass is 16.5. The minimum atomic E-state index is -0.755. The number of hydrogen-bond donors (Lipinski definition) is 1. The number of nitrogens with zero attached hydrogens (tertiary/aromatic N) is 3. The number of anilines is 1. The van der Waals surface area contributed by atoms with E-state index in [4.69, 9.17) is 15.2 Å². The third-order valence-electron chi connectivity index (χ3n) is 2.42. The highest BCUT2D eigenvalue weighted by Crippen LogP contribution is 2.16. The molecule has 1 atom stereocenters. The zero-order chi connectivity index (χ0) is 15.3. The molecular weight excluding hydrogens is 264 g/mol. The van der Waals surface area contributed by atoms with E-state index in [1.807, 2.05) is 6.92 Å². The number of hydrogen-bond acceptors (Lipinski definition) is 7. The van der Waals surface area contributed by atoms with E-state index in [2.05, 4.69) is 10.3 Å². The lowest BCUT2D eigenvalue weighted by Crippen LogP contribution is -2.22. The number of esters is 2. The maximum absolute atomic E-state index is 11.7. The van der Waals surface area contributed by atoms with Crippen LogP contribution in [0.4, 0.5) is 5.82 Å². The van der Waals surface area contributed by atoms with Crippen LogP contribution in [0, 0.1) is 0 Å². The number of nitrogens with two attached hydrogens (primary N) is 1.